The van der Waals surface area contributed by atoms with Crippen LogP contribution in [-0.2, 0) is 38.0 Å². The Balaban J connectivity index is 0.000000670. The van der Waals surface area contributed by atoms with Gasteiger partial charge in [-0.3, -0.25) is 4.79 Å². The number of carbonyl (C=O) groups is 3. The van der Waals surface area contributed by atoms with E-state index in [1.165, 1.54) is 0 Å². The van der Waals surface area contributed by atoms with Gasteiger partial charge in [0.1, 0.15) is 18.8 Å². The van der Waals surface area contributed by atoms with Crippen LogP contribution in [0.4, 0.5) is 0 Å². The second-order valence-electron chi connectivity index (χ2n) is 22.7. The van der Waals surface area contributed by atoms with Crippen molar-refractivity contribution < 1.29 is 87.7 Å². The molecule has 15 heteroatoms. The van der Waals surface area contributed by atoms with Crippen molar-refractivity contribution in [1.29, 1.82) is 0 Å². The standard InChI is InChI=1S/C29H46O6Si.C24H38O5Si.Na.H2O/c1-19-16-21(3)24(26(30)32-14-15-36(9,10)11)22(17-19)13-12-20(2)25-23(34-29(7,8)35-25)18-33-27(31)28(4,5)6;1-16-13-18(3)21(23(26)27-11-12-30(6,7)8)19(14-16)10-9-17(2)22-20(15-25)28-24(4,5)29-22;;/h12-13,16-17,20,23,25H,14-15,18H2,1-11H3;9-10,13-14,17,20,22,25H,11-12,15H2,1-8H3;;1H2/q;;+1;/p-1/b13-12+;10-9+;;. The molecule has 6 unspecified atom stereocenters. The zero-order valence-electron chi connectivity index (χ0n) is 45.3. The molecule has 0 saturated carbocycles. The first-order chi connectivity index (χ1) is 30.2. The van der Waals surface area contributed by atoms with Gasteiger partial charge in [-0.15, -0.1) is 0 Å². The SMILES string of the molecule is Cc1cc(C)c(C(=O)OCC[Si](C)(C)C)c(/C=C/C(C)C2OC(C)(C)OC2CO)c1.Cc1cc(C)c(C(=O)OCC[Si](C)(C)C)c(/C=C/C(C)C2OC(C)(C)OC2COC(=O)C(C)(C)C)c1.[Na+].[OH-]. The number of carbonyl (C=O) groups excluding carboxylic acids is 3. The van der Waals surface area contributed by atoms with Gasteiger partial charge in [-0.2, -0.15) is 0 Å². The summed E-state index contributed by atoms with van der Waals surface area (Å²) in [5.41, 5.74) is 6.27. The number of aryl methyl sites for hydroxylation is 4. The molecule has 2 aliphatic heterocycles. The van der Waals surface area contributed by atoms with Gasteiger partial charge in [0.2, 0.25) is 0 Å². The molecule has 378 valence electrons. The smallest absolute Gasteiger partial charge is 0.870 e. The van der Waals surface area contributed by atoms with E-state index in [1.54, 1.807) is 0 Å². The summed E-state index contributed by atoms with van der Waals surface area (Å²) in [4.78, 5) is 38.2. The molecule has 2 saturated heterocycles. The van der Waals surface area contributed by atoms with Crippen molar-refractivity contribution in [3.63, 3.8) is 0 Å². The van der Waals surface area contributed by atoms with Crippen LogP contribution >= 0.6 is 0 Å². The van der Waals surface area contributed by atoms with Crippen molar-refractivity contribution in [3.8, 4) is 0 Å². The summed E-state index contributed by atoms with van der Waals surface area (Å²) in [6.45, 7) is 39.4. The van der Waals surface area contributed by atoms with E-state index in [0.29, 0.717) is 24.3 Å². The molecule has 0 aliphatic carbocycles. The topological polar surface area (TPSA) is 166 Å². The van der Waals surface area contributed by atoms with Crippen LogP contribution in [0.1, 0.15) is 116 Å². The maximum absolute atomic E-state index is 13.0. The van der Waals surface area contributed by atoms with Gasteiger partial charge < -0.3 is 43.7 Å². The summed E-state index contributed by atoms with van der Waals surface area (Å²) in [5, 5.41) is 9.64. The van der Waals surface area contributed by atoms with Gasteiger partial charge in [0.05, 0.1) is 48.6 Å². The number of benzene rings is 2. The number of aliphatic hydroxyl groups is 1. The Morgan fingerprint density at radius 1 is 0.662 bits per heavy atom. The van der Waals surface area contributed by atoms with Crippen molar-refractivity contribution >= 4 is 46.2 Å². The molecule has 12 nitrogen and oxygen atoms in total. The molecule has 0 bridgehead atoms. The number of hydrogen-bond acceptors (Lipinski definition) is 12. The van der Waals surface area contributed by atoms with E-state index in [1.807, 2.05) is 139 Å². The molecule has 2 heterocycles. The summed E-state index contributed by atoms with van der Waals surface area (Å²) in [7, 11) is -2.56. The fourth-order valence-corrected chi connectivity index (χ4v) is 9.29. The summed E-state index contributed by atoms with van der Waals surface area (Å²) in [6.07, 6.45) is 6.66. The molecule has 0 amide bonds. The summed E-state index contributed by atoms with van der Waals surface area (Å²) < 4.78 is 40.9. The van der Waals surface area contributed by atoms with E-state index >= 15 is 0 Å². The number of ether oxygens (including phenoxy) is 7. The predicted octanol–water partition coefficient (Wildman–Crippen LogP) is 8.34. The van der Waals surface area contributed by atoms with Crippen LogP contribution in [0.3, 0.4) is 0 Å². The third kappa shape index (κ3) is 20.3. The van der Waals surface area contributed by atoms with Crippen LogP contribution in [0, 0.1) is 44.9 Å². The summed E-state index contributed by atoms with van der Waals surface area (Å²) in [6, 6.07) is 9.90. The first-order valence-corrected chi connectivity index (χ1v) is 31.1. The zero-order chi connectivity index (χ0) is 50.2. The van der Waals surface area contributed by atoms with Gasteiger partial charge >= 0.3 is 47.5 Å². The first-order valence-electron chi connectivity index (χ1n) is 23.6. The van der Waals surface area contributed by atoms with Crippen LogP contribution < -0.4 is 29.6 Å². The maximum Gasteiger partial charge on any atom is 1.00 e. The van der Waals surface area contributed by atoms with Gasteiger partial charge in [0, 0.05) is 28.0 Å². The molecule has 68 heavy (non-hydrogen) atoms. The van der Waals surface area contributed by atoms with Crippen molar-refractivity contribution in [2.75, 3.05) is 26.4 Å². The predicted molar refractivity (Wildman–Crippen MR) is 272 cm³/mol. The summed E-state index contributed by atoms with van der Waals surface area (Å²) in [5.74, 6) is -2.38. The minimum atomic E-state index is -1.30. The Hall–Kier alpha value is -2.48. The molecule has 4 rings (SSSR count). The molecule has 2 aromatic carbocycles. The molecule has 2 aliphatic rings. The Kier molecular flexibility index (Phi) is 24.6. The van der Waals surface area contributed by atoms with Crippen LogP contribution in [0.25, 0.3) is 12.2 Å². The van der Waals surface area contributed by atoms with Crippen molar-refractivity contribution in [1.82, 2.24) is 0 Å². The van der Waals surface area contributed by atoms with E-state index in [-0.39, 0.29) is 96.3 Å². The van der Waals surface area contributed by atoms with Gasteiger partial charge in [0.15, 0.2) is 11.6 Å². The van der Waals surface area contributed by atoms with E-state index in [9.17, 15) is 19.5 Å². The zero-order valence-corrected chi connectivity index (χ0v) is 49.3. The van der Waals surface area contributed by atoms with E-state index < -0.39 is 39.2 Å². The third-order valence-corrected chi connectivity index (χ3v) is 14.8. The van der Waals surface area contributed by atoms with Crippen LogP contribution in [-0.4, -0.2) is 107 Å². The van der Waals surface area contributed by atoms with Gasteiger partial charge in [-0.05, 0) is 111 Å². The molecule has 0 spiro atoms. The molecular formula is C53H85NaO12Si2. The Morgan fingerprint density at radius 3 is 1.38 bits per heavy atom. The van der Waals surface area contributed by atoms with Gasteiger partial charge in [-0.1, -0.05) is 113 Å². The van der Waals surface area contributed by atoms with Crippen molar-refractivity contribution in [3.05, 3.63) is 80.9 Å². The second kappa shape index (κ2) is 26.3. The monoisotopic (exact) mass is 993 g/mol. The van der Waals surface area contributed by atoms with Crippen molar-refractivity contribution in [2.24, 2.45) is 17.3 Å². The normalized spacial score (nSPS) is 21.0. The van der Waals surface area contributed by atoms with Gasteiger partial charge in [0.25, 0.3) is 0 Å². The Labute approximate surface area is 433 Å². The van der Waals surface area contributed by atoms with Crippen LogP contribution in [0.2, 0.25) is 51.4 Å². The maximum atomic E-state index is 13.0. The first kappa shape index (κ1) is 63.5. The van der Waals surface area contributed by atoms with E-state index in [0.717, 1.165) is 45.5 Å². The molecule has 0 aromatic heterocycles. The van der Waals surface area contributed by atoms with E-state index in [2.05, 4.69) is 39.3 Å². The minimum Gasteiger partial charge on any atom is -0.870 e. The quantitative estimate of drug-likeness (QED) is 0.0916. The average molecular weight is 993 g/mol. The van der Waals surface area contributed by atoms with E-state index in [4.69, 9.17) is 33.2 Å². The Bertz CT molecular complexity index is 2040. The Morgan fingerprint density at radius 2 is 1.03 bits per heavy atom. The molecular weight excluding hydrogens is 908 g/mol. The molecule has 2 N–H and O–H groups in total. The van der Waals surface area contributed by atoms with Gasteiger partial charge in [-0.25, -0.2) is 9.59 Å². The fraction of sp³-hybridized carbons (Fsp3) is 0.642. The minimum absolute atomic E-state index is 0. The number of hydrogen-bond donors (Lipinski definition) is 1. The van der Waals surface area contributed by atoms with Crippen molar-refractivity contribution in [2.45, 2.75) is 177 Å². The molecule has 2 aromatic rings. The second-order valence-corrected chi connectivity index (χ2v) is 34.0. The number of aliphatic hydroxyl groups excluding tert-OH is 1. The largest absolute Gasteiger partial charge is 1.00 e. The summed E-state index contributed by atoms with van der Waals surface area (Å²) >= 11 is 0. The third-order valence-electron chi connectivity index (χ3n) is 11.4. The van der Waals surface area contributed by atoms with Crippen LogP contribution in [0.15, 0.2) is 36.4 Å². The molecule has 0 radical (unpaired) electrons. The number of rotatable bonds is 17. The molecule has 6 atom stereocenters. The van der Waals surface area contributed by atoms with Crippen LogP contribution in [0.5, 0.6) is 0 Å². The fourth-order valence-electron chi connectivity index (χ4n) is 7.86. The average Bonchev–Trinajstić information content (AvgIpc) is 3.66. The number of esters is 3. The molecule has 2 fully saturated rings.